The van der Waals surface area contributed by atoms with Crippen molar-refractivity contribution in [3.8, 4) is 22.6 Å². The van der Waals surface area contributed by atoms with Gasteiger partial charge in [0, 0.05) is 34.1 Å². The van der Waals surface area contributed by atoms with E-state index in [1.165, 1.54) is 6.07 Å². The minimum absolute atomic E-state index is 0.323. The highest BCUT2D eigenvalue weighted by Gasteiger charge is 2.24. The monoisotopic (exact) mass is 467 g/mol. The molecule has 0 radical (unpaired) electrons. The fourth-order valence-corrected chi connectivity index (χ4v) is 4.65. The molecule has 2 heterocycles. The van der Waals surface area contributed by atoms with E-state index in [0.29, 0.717) is 28.9 Å². The summed E-state index contributed by atoms with van der Waals surface area (Å²) in [4.78, 5) is 14.4. The van der Waals surface area contributed by atoms with E-state index in [0.717, 1.165) is 44.8 Å². The molecule has 5 rings (SSSR count). The van der Waals surface area contributed by atoms with Crippen molar-refractivity contribution in [2.45, 2.75) is 13.5 Å². The van der Waals surface area contributed by atoms with Gasteiger partial charge in [0.15, 0.2) is 6.73 Å². The van der Waals surface area contributed by atoms with Crippen LogP contribution in [0.25, 0.3) is 22.1 Å². The van der Waals surface area contributed by atoms with Crippen molar-refractivity contribution in [1.29, 1.82) is 0 Å². The van der Waals surface area contributed by atoms with E-state index in [4.69, 9.17) is 37.1 Å². The number of hydrogen-bond donors (Lipinski definition) is 0. The second-order valence-corrected chi connectivity index (χ2v) is 8.48. The molecule has 7 heteroatoms. The number of benzene rings is 3. The molecular weight excluding hydrogens is 449 g/mol. The van der Waals surface area contributed by atoms with E-state index in [1.54, 1.807) is 19.2 Å². The van der Waals surface area contributed by atoms with E-state index < -0.39 is 5.63 Å². The van der Waals surface area contributed by atoms with Gasteiger partial charge in [-0.15, -0.1) is 0 Å². The zero-order valence-corrected chi connectivity index (χ0v) is 19.0. The molecule has 1 aliphatic heterocycles. The molecule has 0 spiro atoms. The fourth-order valence-electron chi connectivity index (χ4n) is 4.12. The Kier molecular flexibility index (Phi) is 5.24. The Labute approximate surface area is 194 Å². The minimum Gasteiger partial charge on any atom is -0.497 e. The molecule has 0 unspecified atom stereocenters. The SMILES string of the molecule is COc1ccc(-c2cc(=O)oc3c(C)c4c(cc23)CN(c2ccc(Cl)cc2Cl)CO4)cc1. The van der Waals surface area contributed by atoms with E-state index in [9.17, 15) is 4.79 Å². The number of hydrogen-bond acceptors (Lipinski definition) is 5. The van der Waals surface area contributed by atoms with Gasteiger partial charge in [0.05, 0.1) is 17.8 Å². The summed E-state index contributed by atoms with van der Waals surface area (Å²) in [6, 6.07) is 16.5. The van der Waals surface area contributed by atoms with Gasteiger partial charge in [0.2, 0.25) is 0 Å². The van der Waals surface area contributed by atoms with Crippen LogP contribution in [0.5, 0.6) is 11.5 Å². The van der Waals surface area contributed by atoms with Crippen molar-refractivity contribution in [3.05, 3.63) is 86.2 Å². The molecule has 4 aromatic rings. The predicted octanol–water partition coefficient (Wildman–Crippen LogP) is 6.44. The Morgan fingerprint density at radius 2 is 1.81 bits per heavy atom. The largest absolute Gasteiger partial charge is 0.497 e. The zero-order valence-electron chi connectivity index (χ0n) is 17.4. The van der Waals surface area contributed by atoms with Gasteiger partial charge < -0.3 is 18.8 Å². The third kappa shape index (κ3) is 3.57. The first-order valence-corrected chi connectivity index (χ1v) is 10.8. The van der Waals surface area contributed by atoms with Crippen LogP contribution in [-0.4, -0.2) is 13.8 Å². The molecule has 162 valence electrons. The highest BCUT2D eigenvalue weighted by molar-refractivity contribution is 6.36. The lowest BCUT2D eigenvalue weighted by Crippen LogP contribution is -2.32. The van der Waals surface area contributed by atoms with Crippen LogP contribution in [0.15, 0.2) is 63.8 Å². The van der Waals surface area contributed by atoms with Crippen LogP contribution in [0.4, 0.5) is 5.69 Å². The van der Waals surface area contributed by atoms with Gasteiger partial charge >= 0.3 is 5.63 Å². The van der Waals surface area contributed by atoms with Crippen molar-refractivity contribution in [2.75, 3.05) is 18.7 Å². The first kappa shape index (κ1) is 20.7. The second-order valence-electron chi connectivity index (χ2n) is 7.64. The second kappa shape index (κ2) is 8.08. The molecule has 32 heavy (non-hydrogen) atoms. The molecule has 0 N–H and O–H groups in total. The summed E-state index contributed by atoms with van der Waals surface area (Å²) in [6.45, 7) is 2.82. The third-order valence-corrected chi connectivity index (χ3v) is 6.21. The summed E-state index contributed by atoms with van der Waals surface area (Å²) in [5.74, 6) is 1.48. The molecule has 5 nitrogen and oxygen atoms in total. The number of methoxy groups -OCH3 is 1. The molecule has 0 bridgehead atoms. The van der Waals surface area contributed by atoms with E-state index >= 15 is 0 Å². The summed E-state index contributed by atoms with van der Waals surface area (Å²) in [5.41, 5.74) is 4.44. The summed E-state index contributed by atoms with van der Waals surface area (Å²) in [6.07, 6.45) is 0. The van der Waals surface area contributed by atoms with Crippen molar-refractivity contribution in [2.24, 2.45) is 0 Å². The van der Waals surface area contributed by atoms with Crippen LogP contribution in [0, 0.1) is 6.92 Å². The van der Waals surface area contributed by atoms with Crippen LogP contribution in [-0.2, 0) is 6.54 Å². The number of rotatable bonds is 3. The molecule has 0 atom stereocenters. The summed E-state index contributed by atoms with van der Waals surface area (Å²) < 4.78 is 16.9. The summed E-state index contributed by atoms with van der Waals surface area (Å²) in [5, 5.41) is 1.99. The molecule has 0 aliphatic carbocycles. The van der Waals surface area contributed by atoms with Gasteiger partial charge in [-0.05, 0) is 54.4 Å². The lowest BCUT2D eigenvalue weighted by Gasteiger charge is -2.32. The lowest BCUT2D eigenvalue weighted by atomic mass is 9.96. The molecule has 1 aromatic heterocycles. The zero-order chi connectivity index (χ0) is 22.4. The maximum absolute atomic E-state index is 12.4. The van der Waals surface area contributed by atoms with Gasteiger partial charge in [-0.3, -0.25) is 0 Å². The normalized spacial score (nSPS) is 13.1. The van der Waals surface area contributed by atoms with Crippen molar-refractivity contribution >= 4 is 39.9 Å². The number of aryl methyl sites for hydroxylation is 1. The predicted molar refractivity (Wildman–Crippen MR) is 127 cm³/mol. The fraction of sp³-hybridized carbons (Fsp3) is 0.160. The van der Waals surface area contributed by atoms with Crippen LogP contribution in [0.3, 0.4) is 0 Å². The first-order chi connectivity index (χ1) is 15.4. The highest BCUT2D eigenvalue weighted by Crippen LogP contribution is 2.40. The molecule has 1 aliphatic rings. The standard InChI is InChI=1S/C25H19Cl2NO4/c1-14-24-16(12-28(13-31-24)22-8-5-17(26)10-21(22)27)9-20-19(11-23(29)32-25(14)20)15-3-6-18(30-2)7-4-15/h3-11H,12-13H2,1-2H3. The number of anilines is 1. The van der Waals surface area contributed by atoms with Gasteiger partial charge in [0.25, 0.3) is 0 Å². The average Bonchev–Trinajstić information content (AvgIpc) is 2.79. The summed E-state index contributed by atoms with van der Waals surface area (Å²) >= 11 is 12.5. The smallest absolute Gasteiger partial charge is 0.336 e. The minimum atomic E-state index is -0.406. The Morgan fingerprint density at radius 3 is 2.53 bits per heavy atom. The molecule has 3 aromatic carbocycles. The van der Waals surface area contributed by atoms with Crippen molar-refractivity contribution in [1.82, 2.24) is 0 Å². The van der Waals surface area contributed by atoms with Crippen molar-refractivity contribution < 1.29 is 13.9 Å². The van der Waals surface area contributed by atoms with Crippen LogP contribution in [0.1, 0.15) is 11.1 Å². The Morgan fingerprint density at radius 1 is 1.03 bits per heavy atom. The number of ether oxygens (including phenoxy) is 2. The highest BCUT2D eigenvalue weighted by atomic mass is 35.5. The van der Waals surface area contributed by atoms with Gasteiger partial charge in [-0.25, -0.2) is 4.79 Å². The number of nitrogens with zero attached hydrogens (tertiary/aromatic N) is 1. The third-order valence-electron chi connectivity index (χ3n) is 5.67. The lowest BCUT2D eigenvalue weighted by molar-refractivity contribution is 0.287. The van der Waals surface area contributed by atoms with Gasteiger partial charge in [-0.2, -0.15) is 0 Å². The molecule has 0 fully saturated rings. The van der Waals surface area contributed by atoms with Crippen LogP contribution in [0.2, 0.25) is 10.0 Å². The molecule has 0 saturated heterocycles. The Balaban J connectivity index is 1.64. The maximum Gasteiger partial charge on any atom is 0.336 e. The number of fused-ring (bicyclic) bond motifs is 2. The van der Waals surface area contributed by atoms with E-state index in [2.05, 4.69) is 0 Å². The van der Waals surface area contributed by atoms with Gasteiger partial charge in [0.1, 0.15) is 17.1 Å². The van der Waals surface area contributed by atoms with Crippen LogP contribution >= 0.6 is 23.2 Å². The Hall–Kier alpha value is -3.15. The molecule has 0 saturated carbocycles. The Bertz CT molecular complexity index is 1400. The topological polar surface area (TPSA) is 51.9 Å². The van der Waals surface area contributed by atoms with Gasteiger partial charge in [-0.1, -0.05) is 35.3 Å². The first-order valence-electron chi connectivity index (χ1n) is 10.0. The van der Waals surface area contributed by atoms with E-state index in [1.807, 2.05) is 48.2 Å². The maximum atomic E-state index is 12.4. The van der Waals surface area contributed by atoms with E-state index in [-0.39, 0.29) is 0 Å². The molecular formula is C25H19Cl2NO4. The van der Waals surface area contributed by atoms with Crippen LogP contribution < -0.4 is 20.0 Å². The number of halogens is 2. The summed E-state index contributed by atoms with van der Waals surface area (Å²) in [7, 11) is 1.62. The quantitative estimate of drug-likeness (QED) is 0.324. The van der Waals surface area contributed by atoms with Crippen molar-refractivity contribution in [3.63, 3.8) is 0 Å². The average molecular weight is 468 g/mol. The molecule has 0 amide bonds.